The number of aromatic amines is 1. The maximum atomic E-state index is 14.1. The Bertz CT molecular complexity index is 1510. The summed E-state index contributed by atoms with van der Waals surface area (Å²) in [6.07, 6.45) is 5.14. The lowest BCUT2D eigenvalue weighted by Gasteiger charge is -2.32. The van der Waals surface area contributed by atoms with Crippen molar-refractivity contribution in [2.45, 2.75) is 6.54 Å². The summed E-state index contributed by atoms with van der Waals surface area (Å²) in [6.45, 7) is 3.64. The third-order valence-electron chi connectivity index (χ3n) is 6.11. The number of imidazole rings is 2. The zero-order chi connectivity index (χ0) is 23.9. The number of benzene rings is 1. The van der Waals surface area contributed by atoms with Crippen LogP contribution in [-0.4, -0.2) is 72.6 Å². The molecule has 12 heteroatoms. The Morgan fingerprint density at radius 3 is 2.69 bits per heavy atom. The molecule has 1 saturated heterocycles. The third-order valence-corrected chi connectivity index (χ3v) is 6.11. The van der Waals surface area contributed by atoms with Crippen molar-refractivity contribution in [2.24, 2.45) is 0 Å². The molecule has 2 N–H and O–H groups in total. The standard InChI is InChI=1S/C23H22F2N10/c1-33-7-9-34(10-8-33)23-31-21(20-22(32-23)35(13-28-20)14-3-2-6-26-11-14)27-12-17-29-16-5-4-15(24)18(25)19(16)30-17/h2-6,11,13H,7-10,12H2,1H3,(H,29,30)(H,27,31,32). The molecule has 1 aliphatic rings. The molecule has 4 aromatic heterocycles. The third kappa shape index (κ3) is 3.91. The van der Waals surface area contributed by atoms with Gasteiger partial charge in [-0.05, 0) is 31.3 Å². The Morgan fingerprint density at radius 1 is 1.03 bits per heavy atom. The SMILES string of the molecule is CN1CCN(c2nc(NCc3nc4c(F)c(F)ccc4[nH]3)c3ncn(-c4cccnc4)c3n2)CC1. The summed E-state index contributed by atoms with van der Waals surface area (Å²) in [5, 5.41) is 3.26. The molecular weight excluding hydrogens is 454 g/mol. The normalized spacial score (nSPS) is 14.8. The van der Waals surface area contributed by atoms with E-state index >= 15 is 0 Å². The van der Waals surface area contributed by atoms with E-state index in [9.17, 15) is 8.78 Å². The summed E-state index contributed by atoms with van der Waals surface area (Å²) >= 11 is 0. The molecule has 0 radical (unpaired) electrons. The van der Waals surface area contributed by atoms with Crippen LogP contribution < -0.4 is 10.2 Å². The summed E-state index contributed by atoms with van der Waals surface area (Å²) in [5.74, 6) is -0.333. The molecule has 1 aromatic carbocycles. The fourth-order valence-electron chi connectivity index (χ4n) is 4.16. The van der Waals surface area contributed by atoms with Gasteiger partial charge in [0.2, 0.25) is 5.95 Å². The largest absolute Gasteiger partial charge is 0.361 e. The number of aromatic nitrogens is 7. The first kappa shape index (κ1) is 21.4. The molecule has 0 spiro atoms. The number of H-pyrrole nitrogens is 1. The molecule has 0 atom stereocenters. The summed E-state index contributed by atoms with van der Waals surface area (Å²) < 4.78 is 29.6. The molecule has 0 bridgehead atoms. The van der Waals surface area contributed by atoms with Crippen molar-refractivity contribution < 1.29 is 8.78 Å². The van der Waals surface area contributed by atoms with E-state index in [0.717, 1.165) is 37.9 Å². The van der Waals surface area contributed by atoms with Gasteiger partial charge in [-0.3, -0.25) is 9.55 Å². The number of piperazine rings is 1. The van der Waals surface area contributed by atoms with Crippen LogP contribution >= 0.6 is 0 Å². The van der Waals surface area contributed by atoms with E-state index in [2.05, 4.69) is 42.1 Å². The van der Waals surface area contributed by atoms with Gasteiger partial charge in [0.1, 0.15) is 17.7 Å². The van der Waals surface area contributed by atoms with Crippen molar-refractivity contribution in [2.75, 3.05) is 43.4 Å². The molecule has 178 valence electrons. The van der Waals surface area contributed by atoms with Crippen LogP contribution in [0.5, 0.6) is 0 Å². The van der Waals surface area contributed by atoms with Crippen LogP contribution in [-0.2, 0) is 6.54 Å². The summed E-state index contributed by atoms with van der Waals surface area (Å²) in [5.41, 5.74) is 2.45. The number of anilines is 2. The molecule has 6 rings (SSSR count). The highest BCUT2D eigenvalue weighted by Gasteiger charge is 2.21. The Kier molecular flexibility index (Phi) is 5.21. The fraction of sp³-hybridized carbons (Fsp3) is 0.261. The van der Waals surface area contributed by atoms with E-state index in [1.807, 2.05) is 16.7 Å². The van der Waals surface area contributed by atoms with E-state index in [0.29, 0.717) is 34.3 Å². The maximum Gasteiger partial charge on any atom is 0.229 e. The minimum Gasteiger partial charge on any atom is -0.361 e. The molecule has 35 heavy (non-hydrogen) atoms. The van der Waals surface area contributed by atoms with Crippen LogP contribution in [0.25, 0.3) is 27.9 Å². The highest BCUT2D eigenvalue weighted by Crippen LogP contribution is 2.26. The van der Waals surface area contributed by atoms with Gasteiger partial charge in [0.05, 0.1) is 23.9 Å². The van der Waals surface area contributed by atoms with Gasteiger partial charge in [0, 0.05) is 32.4 Å². The Hall–Kier alpha value is -4.19. The molecule has 5 heterocycles. The highest BCUT2D eigenvalue weighted by atomic mass is 19.2. The lowest BCUT2D eigenvalue weighted by atomic mass is 10.3. The summed E-state index contributed by atoms with van der Waals surface area (Å²) in [6, 6.07) is 6.33. The number of pyridine rings is 1. The molecule has 1 fully saturated rings. The second kappa shape index (κ2) is 8.55. The van der Waals surface area contributed by atoms with E-state index < -0.39 is 11.6 Å². The Labute approximate surface area is 198 Å². The van der Waals surface area contributed by atoms with E-state index in [4.69, 9.17) is 9.97 Å². The van der Waals surface area contributed by atoms with Crippen LogP contribution in [0.2, 0.25) is 0 Å². The van der Waals surface area contributed by atoms with Crippen molar-refractivity contribution in [3.63, 3.8) is 0 Å². The lowest BCUT2D eigenvalue weighted by Crippen LogP contribution is -2.45. The monoisotopic (exact) mass is 476 g/mol. The first-order chi connectivity index (χ1) is 17.1. The molecule has 0 amide bonds. The van der Waals surface area contributed by atoms with Crippen LogP contribution in [0, 0.1) is 11.6 Å². The van der Waals surface area contributed by atoms with Crippen LogP contribution in [0.4, 0.5) is 20.5 Å². The van der Waals surface area contributed by atoms with Gasteiger partial charge in [-0.15, -0.1) is 0 Å². The smallest absolute Gasteiger partial charge is 0.229 e. The van der Waals surface area contributed by atoms with Crippen molar-refractivity contribution in [3.05, 3.63) is 60.4 Å². The predicted octanol–water partition coefficient (Wildman–Crippen LogP) is 2.73. The number of hydrogen-bond acceptors (Lipinski definition) is 8. The second-order valence-corrected chi connectivity index (χ2v) is 8.46. The topological polar surface area (TPSA) is 104 Å². The first-order valence-corrected chi connectivity index (χ1v) is 11.2. The molecule has 1 aliphatic heterocycles. The van der Waals surface area contributed by atoms with Gasteiger partial charge in [-0.25, -0.2) is 18.7 Å². The average molecular weight is 476 g/mol. The van der Waals surface area contributed by atoms with E-state index in [1.54, 1.807) is 18.7 Å². The van der Waals surface area contributed by atoms with Gasteiger partial charge in [0.15, 0.2) is 28.6 Å². The minimum atomic E-state index is -0.970. The molecule has 0 unspecified atom stereocenters. The van der Waals surface area contributed by atoms with Gasteiger partial charge in [0.25, 0.3) is 0 Å². The number of likely N-dealkylation sites (N-methyl/N-ethyl adjacent to an activating group) is 1. The predicted molar refractivity (Wildman–Crippen MR) is 128 cm³/mol. The average Bonchev–Trinajstić information content (AvgIpc) is 3.50. The Balaban J connectivity index is 1.38. The van der Waals surface area contributed by atoms with Gasteiger partial charge in [-0.2, -0.15) is 9.97 Å². The zero-order valence-electron chi connectivity index (χ0n) is 18.9. The quantitative estimate of drug-likeness (QED) is 0.399. The number of fused-ring (bicyclic) bond motifs is 2. The molecule has 10 nitrogen and oxygen atoms in total. The fourth-order valence-corrected chi connectivity index (χ4v) is 4.16. The van der Waals surface area contributed by atoms with Crippen molar-refractivity contribution in [3.8, 4) is 5.69 Å². The van der Waals surface area contributed by atoms with Gasteiger partial charge < -0.3 is 20.1 Å². The number of rotatable bonds is 5. The lowest BCUT2D eigenvalue weighted by molar-refractivity contribution is 0.311. The first-order valence-electron chi connectivity index (χ1n) is 11.2. The minimum absolute atomic E-state index is 0.0337. The van der Waals surface area contributed by atoms with Crippen LogP contribution in [0.15, 0.2) is 43.0 Å². The summed E-state index contributed by atoms with van der Waals surface area (Å²) in [7, 11) is 2.09. The number of nitrogens with zero attached hydrogens (tertiary/aromatic N) is 8. The van der Waals surface area contributed by atoms with Gasteiger partial charge in [-0.1, -0.05) is 0 Å². The van der Waals surface area contributed by atoms with Crippen LogP contribution in [0.1, 0.15) is 5.82 Å². The maximum absolute atomic E-state index is 14.1. The molecule has 5 aromatic rings. The molecule has 0 saturated carbocycles. The number of hydrogen-bond donors (Lipinski definition) is 2. The van der Waals surface area contributed by atoms with E-state index in [-0.39, 0.29) is 12.1 Å². The Morgan fingerprint density at radius 2 is 1.89 bits per heavy atom. The van der Waals surface area contributed by atoms with Crippen LogP contribution in [0.3, 0.4) is 0 Å². The number of nitrogens with one attached hydrogen (secondary N) is 2. The zero-order valence-corrected chi connectivity index (χ0v) is 18.9. The van der Waals surface area contributed by atoms with Gasteiger partial charge >= 0.3 is 0 Å². The molecule has 0 aliphatic carbocycles. The molecular formula is C23H22F2N10. The summed E-state index contributed by atoms with van der Waals surface area (Å²) in [4.78, 5) is 30.0. The second-order valence-electron chi connectivity index (χ2n) is 8.46. The number of halogens is 2. The van der Waals surface area contributed by atoms with Crippen molar-refractivity contribution in [1.82, 2.24) is 39.4 Å². The van der Waals surface area contributed by atoms with Crippen molar-refractivity contribution >= 4 is 34.0 Å². The highest BCUT2D eigenvalue weighted by molar-refractivity contribution is 5.85. The van der Waals surface area contributed by atoms with Crippen molar-refractivity contribution in [1.29, 1.82) is 0 Å². The van der Waals surface area contributed by atoms with E-state index in [1.165, 1.54) is 6.07 Å².